The van der Waals surface area contributed by atoms with E-state index >= 15 is 0 Å². The second kappa shape index (κ2) is 9.91. The highest BCUT2D eigenvalue weighted by atomic mass is 32.2. The molecule has 2 rings (SSSR count). The topological polar surface area (TPSA) is 15.6 Å². The van der Waals surface area contributed by atoms with Crippen LogP contribution in [-0.2, 0) is 5.41 Å². The average Bonchev–Trinajstić information content (AvgIpc) is 2.70. The van der Waals surface area contributed by atoms with Crippen LogP contribution in [0, 0.1) is 5.41 Å². The molecule has 0 atom stereocenters. The van der Waals surface area contributed by atoms with Gasteiger partial charge in [0.05, 0.1) is 23.3 Å². The molecular weight excluding hydrogens is 396 g/mol. The van der Waals surface area contributed by atoms with Crippen molar-refractivity contribution >= 4 is 23.7 Å². The van der Waals surface area contributed by atoms with E-state index in [-0.39, 0.29) is 10.8 Å². The lowest BCUT2D eigenvalue weighted by molar-refractivity contribution is 0.516. The molecule has 2 nitrogen and oxygen atoms in total. The number of rotatable bonds is 4. The summed E-state index contributed by atoms with van der Waals surface area (Å²) in [4.78, 5) is 9.16. The van der Waals surface area contributed by atoms with Gasteiger partial charge < -0.3 is 4.90 Å². The number of fused-ring (bicyclic) bond motifs is 1. The predicted molar refractivity (Wildman–Crippen MR) is 141 cm³/mol. The van der Waals surface area contributed by atoms with Gasteiger partial charge in [-0.3, -0.25) is 4.99 Å². The Morgan fingerprint density at radius 1 is 1.06 bits per heavy atom. The van der Waals surface area contributed by atoms with E-state index < -0.39 is 0 Å². The summed E-state index contributed by atoms with van der Waals surface area (Å²) in [6.07, 6.45) is 12.3. The Morgan fingerprint density at radius 2 is 1.74 bits per heavy atom. The molecule has 1 aromatic rings. The Balaban J connectivity index is 2.81. The number of aliphatic imine (C=N–C) groups is 1. The molecule has 1 heterocycles. The monoisotopic (exact) mass is 434 g/mol. The molecule has 0 saturated carbocycles. The van der Waals surface area contributed by atoms with Gasteiger partial charge >= 0.3 is 0 Å². The van der Waals surface area contributed by atoms with Crippen molar-refractivity contribution in [2.75, 3.05) is 4.90 Å². The van der Waals surface area contributed by atoms with Crippen LogP contribution in [0.5, 0.6) is 0 Å². The van der Waals surface area contributed by atoms with Crippen LogP contribution in [0.1, 0.15) is 67.9 Å². The maximum atomic E-state index is 4.39. The summed E-state index contributed by atoms with van der Waals surface area (Å²) in [5.74, 6) is 0. The van der Waals surface area contributed by atoms with Crippen LogP contribution in [0.4, 0.5) is 5.69 Å². The molecule has 1 aromatic carbocycles. The third kappa shape index (κ3) is 5.71. The first-order valence-electron chi connectivity index (χ1n) is 11.0. The van der Waals surface area contributed by atoms with E-state index in [1.54, 1.807) is 6.21 Å². The molecule has 0 aromatic heterocycles. The van der Waals surface area contributed by atoms with Crippen LogP contribution in [0.3, 0.4) is 0 Å². The second-order valence-electron chi connectivity index (χ2n) is 9.71. The number of anilines is 1. The molecule has 0 N–H and O–H groups in total. The van der Waals surface area contributed by atoms with Crippen LogP contribution < -0.4 is 4.90 Å². The number of hydrogen-bond acceptors (Lipinski definition) is 3. The van der Waals surface area contributed by atoms with Gasteiger partial charge in [-0.25, -0.2) is 0 Å². The van der Waals surface area contributed by atoms with Crippen molar-refractivity contribution in [3.05, 3.63) is 82.7 Å². The van der Waals surface area contributed by atoms with Gasteiger partial charge in [0, 0.05) is 16.0 Å². The van der Waals surface area contributed by atoms with E-state index in [2.05, 4.69) is 108 Å². The zero-order valence-corrected chi connectivity index (χ0v) is 21.5. The highest BCUT2D eigenvalue weighted by Crippen LogP contribution is 2.50. The molecule has 0 saturated heterocycles. The lowest BCUT2D eigenvalue weighted by Crippen LogP contribution is -2.26. The molecule has 0 amide bonds. The summed E-state index contributed by atoms with van der Waals surface area (Å²) in [6, 6.07) is 6.81. The summed E-state index contributed by atoms with van der Waals surface area (Å²) in [5.41, 5.74) is 6.10. The summed E-state index contributed by atoms with van der Waals surface area (Å²) < 4.78 is 0. The molecule has 1 aliphatic rings. The Bertz CT molecular complexity index is 973. The number of nitrogens with zero attached hydrogens (tertiary/aromatic N) is 2. The van der Waals surface area contributed by atoms with Gasteiger partial charge in [0.15, 0.2) is 0 Å². The Kier molecular flexibility index (Phi) is 7.99. The first-order valence-corrected chi connectivity index (χ1v) is 11.8. The van der Waals surface area contributed by atoms with Crippen molar-refractivity contribution in [2.24, 2.45) is 10.4 Å². The molecule has 0 bridgehead atoms. The Hall–Kier alpha value is -2.26. The quantitative estimate of drug-likeness (QED) is 0.347. The molecular formula is C28H38N2S. The molecule has 3 heteroatoms. The number of hydrogen-bond donors (Lipinski definition) is 0. The van der Waals surface area contributed by atoms with Crippen molar-refractivity contribution in [3.63, 3.8) is 0 Å². The minimum absolute atomic E-state index is 0.0726. The molecule has 0 unspecified atom stereocenters. The van der Waals surface area contributed by atoms with E-state index in [0.29, 0.717) is 0 Å². The minimum Gasteiger partial charge on any atom is -0.307 e. The minimum atomic E-state index is 0.0726. The molecule has 166 valence electrons. The third-order valence-corrected chi connectivity index (χ3v) is 6.43. The fraction of sp³-hybridized carbons (Fsp3) is 0.393. The Morgan fingerprint density at radius 3 is 2.23 bits per heavy atom. The smallest absolute Gasteiger partial charge is 0.0639 e. The van der Waals surface area contributed by atoms with Crippen molar-refractivity contribution in [2.45, 2.75) is 72.6 Å². The van der Waals surface area contributed by atoms with Gasteiger partial charge in [-0.1, -0.05) is 78.1 Å². The lowest BCUT2D eigenvalue weighted by Gasteiger charge is -2.36. The zero-order valence-electron chi connectivity index (χ0n) is 20.7. The van der Waals surface area contributed by atoms with Crippen LogP contribution in [0.2, 0.25) is 0 Å². The number of thioether (sulfide) groups is 1. The normalized spacial score (nSPS) is 18.8. The van der Waals surface area contributed by atoms with E-state index in [1.165, 1.54) is 26.6 Å². The van der Waals surface area contributed by atoms with Gasteiger partial charge in [-0.05, 0) is 67.0 Å². The van der Waals surface area contributed by atoms with E-state index in [9.17, 15) is 0 Å². The highest BCUT2D eigenvalue weighted by Gasteiger charge is 2.29. The summed E-state index contributed by atoms with van der Waals surface area (Å²) in [5, 5.41) is 0. The van der Waals surface area contributed by atoms with Gasteiger partial charge in [-0.15, -0.1) is 0 Å². The molecule has 1 aliphatic heterocycles. The predicted octanol–water partition coefficient (Wildman–Crippen LogP) is 8.79. The first-order chi connectivity index (χ1) is 14.5. The van der Waals surface area contributed by atoms with E-state index in [0.717, 1.165) is 11.4 Å². The van der Waals surface area contributed by atoms with Crippen LogP contribution >= 0.6 is 11.8 Å². The number of benzene rings is 1. The lowest BCUT2D eigenvalue weighted by atomic mass is 9.86. The molecule has 31 heavy (non-hydrogen) atoms. The van der Waals surface area contributed by atoms with Crippen molar-refractivity contribution in [3.8, 4) is 0 Å². The summed E-state index contributed by atoms with van der Waals surface area (Å²) in [7, 11) is 0. The fourth-order valence-corrected chi connectivity index (χ4v) is 4.72. The maximum absolute atomic E-state index is 4.39. The fourth-order valence-electron chi connectivity index (χ4n) is 3.54. The van der Waals surface area contributed by atoms with Crippen molar-refractivity contribution in [1.29, 1.82) is 0 Å². The summed E-state index contributed by atoms with van der Waals surface area (Å²) in [6.45, 7) is 23.8. The van der Waals surface area contributed by atoms with Crippen molar-refractivity contribution in [1.82, 2.24) is 0 Å². The van der Waals surface area contributed by atoms with Gasteiger partial charge in [0.2, 0.25) is 0 Å². The van der Waals surface area contributed by atoms with Crippen LogP contribution in [0.25, 0.3) is 0 Å². The highest BCUT2D eigenvalue weighted by molar-refractivity contribution is 8.03. The average molecular weight is 435 g/mol. The van der Waals surface area contributed by atoms with Crippen LogP contribution in [-0.4, -0.2) is 6.21 Å². The third-order valence-electron chi connectivity index (χ3n) is 5.34. The standard InChI is InChI=1S/C28H38N2S/c1-11-20(27(5,6)7)17-25-23(13-3)30(22(12-2)19-29-14-4)24-16-15-21(28(8,9)10)18-26(24)31-25/h11-19H,2H2,1,3-10H3/b20-11+,22-19+,23-13+,25-17+,29-14?. The zero-order chi connectivity index (χ0) is 23.4. The van der Waals surface area contributed by atoms with Crippen molar-refractivity contribution < 1.29 is 0 Å². The summed E-state index contributed by atoms with van der Waals surface area (Å²) >= 11 is 1.85. The second-order valence-corrected chi connectivity index (χ2v) is 10.8. The molecule has 0 aliphatic carbocycles. The van der Waals surface area contributed by atoms with Crippen LogP contribution in [0.15, 0.2) is 87.0 Å². The molecule has 0 spiro atoms. The Labute approximate surface area is 194 Å². The first kappa shape index (κ1) is 25.0. The van der Waals surface area contributed by atoms with E-state index in [4.69, 9.17) is 0 Å². The van der Waals surface area contributed by atoms with Gasteiger partial charge in [0.25, 0.3) is 0 Å². The van der Waals surface area contributed by atoms with Gasteiger partial charge in [0.1, 0.15) is 0 Å². The number of allylic oxidation sites excluding steroid dienone is 5. The SMILES string of the molecule is C=C/C(=C\N=CC)N1C(=C/C)/C(=C\C(=C/C)C(C)(C)C)Sc2cc(C(C)(C)C)ccc21. The van der Waals surface area contributed by atoms with Gasteiger partial charge in [-0.2, -0.15) is 0 Å². The molecule has 0 fully saturated rings. The molecule has 0 radical (unpaired) electrons. The van der Waals surface area contributed by atoms with E-state index in [1.807, 2.05) is 31.0 Å². The maximum Gasteiger partial charge on any atom is 0.0639 e. The largest absolute Gasteiger partial charge is 0.307 e.